The summed E-state index contributed by atoms with van der Waals surface area (Å²) < 4.78 is 38.6. The van der Waals surface area contributed by atoms with Crippen LogP contribution in [0.25, 0.3) is 0 Å². The number of nitriles is 1. The lowest BCUT2D eigenvalue weighted by atomic mass is 9.84. The number of sulfone groups is 1. The van der Waals surface area contributed by atoms with E-state index in [0.29, 0.717) is 31.2 Å². The average Bonchev–Trinajstić information content (AvgIpc) is 2.47. The van der Waals surface area contributed by atoms with Gasteiger partial charge in [-0.05, 0) is 43.4 Å². The van der Waals surface area contributed by atoms with Gasteiger partial charge in [0.25, 0.3) is 0 Å². The molecule has 0 saturated carbocycles. The van der Waals surface area contributed by atoms with Crippen molar-refractivity contribution in [1.82, 2.24) is 0 Å². The second-order valence-corrected chi connectivity index (χ2v) is 8.96. The molecule has 6 heteroatoms. The molecule has 2 aliphatic heterocycles. The summed E-state index contributed by atoms with van der Waals surface area (Å²) in [5.41, 5.74) is 0.584. The summed E-state index contributed by atoms with van der Waals surface area (Å²) in [6.45, 7) is 0. The van der Waals surface area contributed by atoms with Crippen LogP contribution in [-0.2, 0) is 16.3 Å². The molecule has 4 nitrogen and oxygen atoms in total. The van der Waals surface area contributed by atoms with E-state index in [1.165, 1.54) is 18.2 Å². The number of hydrogen-bond donors (Lipinski definition) is 0. The van der Waals surface area contributed by atoms with Crippen molar-refractivity contribution in [1.29, 1.82) is 5.26 Å². The van der Waals surface area contributed by atoms with Gasteiger partial charge >= 0.3 is 0 Å². The number of Topliss-reactive ketones (excluding diaryl/α,β-unsaturated/α-hetero) is 1. The maximum atomic E-state index is 14.0. The molecular weight excluding hydrogens is 317 g/mol. The van der Waals surface area contributed by atoms with E-state index < -0.39 is 32.1 Å². The first kappa shape index (κ1) is 16.1. The van der Waals surface area contributed by atoms with Crippen molar-refractivity contribution in [2.45, 2.75) is 49.0 Å². The molecule has 1 aromatic carbocycles. The second-order valence-electron chi connectivity index (χ2n) is 6.45. The standard InChI is InChI=1S/C17H18FNO3S/c18-16-5-4-11(6-7-19)8-15(16)17(20)12-9-13-2-1-3-14(10-12)23(13,21)22/h4-5,8,12-14H,1-3,6,9-10H2. The number of halogens is 1. The molecule has 3 rings (SSSR count). The Morgan fingerprint density at radius 1 is 1.26 bits per heavy atom. The molecule has 0 spiro atoms. The molecule has 1 aromatic rings. The number of benzene rings is 1. The summed E-state index contributed by atoms with van der Waals surface area (Å²) in [6, 6.07) is 6.11. The zero-order valence-corrected chi connectivity index (χ0v) is 13.5. The molecule has 0 aromatic heterocycles. The molecule has 2 fully saturated rings. The maximum absolute atomic E-state index is 14.0. The Morgan fingerprint density at radius 3 is 2.52 bits per heavy atom. The van der Waals surface area contributed by atoms with Gasteiger partial charge in [0.1, 0.15) is 5.82 Å². The van der Waals surface area contributed by atoms with Crippen molar-refractivity contribution in [3.8, 4) is 6.07 Å². The molecule has 2 unspecified atom stereocenters. The SMILES string of the molecule is N#CCc1ccc(F)c(C(=O)C2CC3CCCC(C2)S3(=O)=O)c1. The third-order valence-electron chi connectivity index (χ3n) is 5.03. The van der Waals surface area contributed by atoms with Crippen LogP contribution in [0.4, 0.5) is 4.39 Å². The molecule has 2 aliphatic rings. The Labute approximate surface area is 135 Å². The van der Waals surface area contributed by atoms with Crippen LogP contribution in [0.1, 0.15) is 48.0 Å². The minimum Gasteiger partial charge on any atom is -0.294 e. The lowest BCUT2D eigenvalue weighted by molar-refractivity contribution is 0.0889. The highest BCUT2D eigenvalue weighted by Gasteiger charge is 2.46. The van der Waals surface area contributed by atoms with Gasteiger partial charge in [0.2, 0.25) is 0 Å². The summed E-state index contributed by atoms with van der Waals surface area (Å²) in [5, 5.41) is 7.81. The Bertz CT molecular complexity index is 762. The molecule has 0 radical (unpaired) electrons. The molecule has 122 valence electrons. The first-order chi connectivity index (χ1) is 10.9. The lowest BCUT2D eigenvalue weighted by Crippen LogP contribution is -2.45. The van der Waals surface area contributed by atoms with Crippen molar-refractivity contribution in [3.63, 3.8) is 0 Å². The summed E-state index contributed by atoms with van der Waals surface area (Å²) in [4.78, 5) is 12.7. The number of carbonyl (C=O) groups excluding carboxylic acids is 1. The van der Waals surface area contributed by atoms with Gasteiger partial charge in [-0.2, -0.15) is 5.26 Å². The molecule has 2 atom stereocenters. The molecule has 0 aliphatic carbocycles. The number of rotatable bonds is 3. The zero-order valence-electron chi connectivity index (χ0n) is 12.7. The summed E-state index contributed by atoms with van der Waals surface area (Å²) >= 11 is 0. The first-order valence-corrected chi connectivity index (χ1v) is 9.46. The van der Waals surface area contributed by atoms with Crippen molar-refractivity contribution in [3.05, 3.63) is 35.1 Å². The van der Waals surface area contributed by atoms with E-state index in [9.17, 15) is 17.6 Å². The Balaban J connectivity index is 1.87. The van der Waals surface area contributed by atoms with Crippen LogP contribution in [0.3, 0.4) is 0 Å². The van der Waals surface area contributed by atoms with Gasteiger partial charge in [0.15, 0.2) is 15.6 Å². The number of ketones is 1. The van der Waals surface area contributed by atoms with Gasteiger partial charge in [-0.25, -0.2) is 12.8 Å². The van der Waals surface area contributed by atoms with Crippen LogP contribution < -0.4 is 0 Å². The fourth-order valence-electron chi connectivity index (χ4n) is 3.81. The van der Waals surface area contributed by atoms with Gasteiger partial charge in [0.05, 0.1) is 28.6 Å². The van der Waals surface area contributed by atoms with Crippen LogP contribution >= 0.6 is 0 Å². The van der Waals surface area contributed by atoms with E-state index in [-0.39, 0.29) is 17.8 Å². The molecule has 23 heavy (non-hydrogen) atoms. The number of hydrogen-bond acceptors (Lipinski definition) is 4. The van der Waals surface area contributed by atoms with Crippen molar-refractivity contribution < 1.29 is 17.6 Å². The first-order valence-electron chi connectivity index (χ1n) is 7.85. The molecule has 2 saturated heterocycles. The van der Waals surface area contributed by atoms with Crippen LogP contribution in [-0.4, -0.2) is 24.7 Å². The minimum absolute atomic E-state index is 0.0138. The summed E-state index contributed by atoms with van der Waals surface area (Å²) in [7, 11) is -3.13. The van der Waals surface area contributed by atoms with Gasteiger partial charge in [0, 0.05) is 5.92 Å². The van der Waals surface area contributed by atoms with Crippen LogP contribution in [0.2, 0.25) is 0 Å². The summed E-state index contributed by atoms with van der Waals surface area (Å²) in [6.07, 6.45) is 2.77. The third kappa shape index (κ3) is 2.90. The smallest absolute Gasteiger partial charge is 0.168 e. The van der Waals surface area contributed by atoms with Crippen molar-refractivity contribution in [2.75, 3.05) is 0 Å². The fourth-order valence-corrected chi connectivity index (χ4v) is 6.34. The fraction of sp³-hybridized carbons (Fsp3) is 0.529. The summed E-state index contributed by atoms with van der Waals surface area (Å²) in [5.74, 6) is -1.37. The van der Waals surface area contributed by atoms with E-state index in [1.807, 2.05) is 6.07 Å². The van der Waals surface area contributed by atoms with E-state index in [4.69, 9.17) is 5.26 Å². The highest BCUT2D eigenvalue weighted by atomic mass is 32.2. The predicted octanol–water partition coefficient (Wildman–Crippen LogP) is 2.82. The van der Waals surface area contributed by atoms with Crippen molar-refractivity contribution >= 4 is 15.6 Å². The van der Waals surface area contributed by atoms with Gasteiger partial charge in [-0.1, -0.05) is 12.5 Å². The molecular formula is C17H18FNO3S. The molecule has 2 bridgehead atoms. The topological polar surface area (TPSA) is 75.0 Å². The Morgan fingerprint density at radius 2 is 1.91 bits per heavy atom. The van der Waals surface area contributed by atoms with E-state index in [0.717, 1.165) is 6.42 Å². The molecule has 2 heterocycles. The van der Waals surface area contributed by atoms with E-state index in [1.54, 1.807) is 0 Å². The Kier molecular flexibility index (Phi) is 4.24. The normalized spacial score (nSPS) is 28.8. The largest absolute Gasteiger partial charge is 0.294 e. The predicted molar refractivity (Wildman–Crippen MR) is 83.1 cm³/mol. The van der Waals surface area contributed by atoms with Gasteiger partial charge < -0.3 is 0 Å². The highest BCUT2D eigenvalue weighted by Crippen LogP contribution is 2.40. The average molecular weight is 335 g/mol. The second kappa shape index (κ2) is 6.04. The third-order valence-corrected chi connectivity index (χ3v) is 7.74. The van der Waals surface area contributed by atoms with Gasteiger partial charge in [-0.15, -0.1) is 0 Å². The van der Waals surface area contributed by atoms with Gasteiger partial charge in [-0.3, -0.25) is 4.79 Å². The molecule has 0 N–H and O–H groups in total. The highest BCUT2D eigenvalue weighted by molar-refractivity contribution is 7.92. The minimum atomic E-state index is -3.13. The zero-order chi connectivity index (χ0) is 16.6. The van der Waals surface area contributed by atoms with Crippen LogP contribution in [0.15, 0.2) is 18.2 Å². The van der Waals surface area contributed by atoms with E-state index >= 15 is 0 Å². The van der Waals surface area contributed by atoms with Crippen LogP contribution in [0, 0.1) is 23.1 Å². The number of nitrogens with zero attached hydrogens (tertiary/aromatic N) is 1. The lowest BCUT2D eigenvalue weighted by Gasteiger charge is -2.38. The monoisotopic (exact) mass is 335 g/mol. The molecule has 0 amide bonds. The van der Waals surface area contributed by atoms with Crippen molar-refractivity contribution in [2.24, 2.45) is 5.92 Å². The quantitative estimate of drug-likeness (QED) is 0.796. The van der Waals surface area contributed by atoms with Crippen LogP contribution in [0.5, 0.6) is 0 Å². The Hall–Kier alpha value is -1.74. The van der Waals surface area contributed by atoms with E-state index in [2.05, 4.69) is 0 Å². The number of carbonyl (C=O) groups is 1. The maximum Gasteiger partial charge on any atom is 0.168 e. The number of fused-ring (bicyclic) bond motifs is 2.